The summed E-state index contributed by atoms with van der Waals surface area (Å²) in [5.41, 5.74) is 0. The molecule has 90 valence electrons. The molecule has 0 spiro atoms. The summed E-state index contributed by atoms with van der Waals surface area (Å²) in [6.07, 6.45) is 2.16. The number of hydrogen-bond donors (Lipinski definition) is 2. The summed E-state index contributed by atoms with van der Waals surface area (Å²) in [6, 6.07) is 0.512. The summed E-state index contributed by atoms with van der Waals surface area (Å²) in [4.78, 5) is 0. The molecule has 1 aliphatic rings. The highest BCUT2D eigenvalue weighted by Gasteiger charge is 2.29. The summed E-state index contributed by atoms with van der Waals surface area (Å²) in [6.45, 7) is 6.44. The molecule has 0 aromatic rings. The van der Waals surface area contributed by atoms with Gasteiger partial charge in [0.1, 0.15) is 0 Å². The van der Waals surface area contributed by atoms with Gasteiger partial charge in [-0.2, -0.15) is 0 Å². The zero-order valence-electron chi connectivity index (χ0n) is 9.74. The molecule has 0 bridgehead atoms. The van der Waals surface area contributed by atoms with Crippen molar-refractivity contribution in [1.82, 2.24) is 5.32 Å². The van der Waals surface area contributed by atoms with Crippen LogP contribution in [0, 0.1) is 0 Å². The Kier molecular flexibility index (Phi) is 6.17. The third kappa shape index (κ3) is 4.93. The molecule has 1 unspecified atom stereocenters. The molecule has 4 heteroatoms. The molecule has 2 N–H and O–H groups in total. The van der Waals surface area contributed by atoms with Gasteiger partial charge in [0.25, 0.3) is 0 Å². The predicted octanol–water partition coefficient (Wildman–Crippen LogP) is 0.541. The van der Waals surface area contributed by atoms with Crippen LogP contribution in [0.1, 0.15) is 26.7 Å². The molecule has 4 nitrogen and oxygen atoms in total. The van der Waals surface area contributed by atoms with E-state index in [9.17, 15) is 5.11 Å². The van der Waals surface area contributed by atoms with Crippen molar-refractivity contribution in [1.29, 1.82) is 0 Å². The fourth-order valence-electron chi connectivity index (χ4n) is 1.72. The second kappa shape index (κ2) is 7.17. The minimum Gasteiger partial charge on any atom is -0.389 e. The van der Waals surface area contributed by atoms with E-state index in [1.54, 1.807) is 0 Å². The Morgan fingerprint density at radius 2 is 2.07 bits per heavy atom. The molecule has 1 atom stereocenters. The van der Waals surface area contributed by atoms with Gasteiger partial charge < -0.3 is 19.9 Å². The van der Waals surface area contributed by atoms with Crippen LogP contribution in [0.5, 0.6) is 0 Å². The lowest BCUT2D eigenvalue weighted by Gasteiger charge is -2.36. The number of aliphatic hydroxyl groups is 1. The summed E-state index contributed by atoms with van der Waals surface area (Å²) in [5.74, 6) is 0. The van der Waals surface area contributed by atoms with E-state index < -0.39 is 6.10 Å². The zero-order chi connectivity index (χ0) is 11.1. The fourth-order valence-corrected chi connectivity index (χ4v) is 1.72. The van der Waals surface area contributed by atoms with Gasteiger partial charge in [-0.15, -0.1) is 0 Å². The molecule has 1 saturated carbocycles. The third-order valence-corrected chi connectivity index (χ3v) is 2.65. The molecule has 0 aromatic carbocycles. The van der Waals surface area contributed by atoms with E-state index in [2.05, 4.69) is 5.32 Å². The number of nitrogens with one attached hydrogen (secondary N) is 1. The minimum atomic E-state index is -0.393. The molecule has 0 aliphatic heterocycles. The first-order valence-electron chi connectivity index (χ1n) is 5.87. The van der Waals surface area contributed by atoms with Gasteiger partial charge >= 0.3 is 0 Å². The SMILES string of the molecule is CCOCC(O)CNC1CC(OCC)C1. The second-order valence-corrected chi connectivity index (χ2v) is 3.97. The van der Waals surface area contributed by atoms with Crippen LogP contribution < -0.4 is 5.32 Å². The van der Waals surface area contributed by atoms with Crippen molar-refractivity contribution < 1.29 is 14.6 Å². The lowest BCUT2D eigenvalue weighted by Crippen LogP contribution is -2.48. The van der Waals surface area contributed by atoms with Gasteiger partial charge in [-0.25, -0.2) is 0 Å². The summed E-state index contributed by atoms with van der Waals surface area (Å²) < 4.78 is 10.6. The van der Waals surface area contributed by atoms with E-state index in [1.165, 1.54) is 0 Å². The number of rotatable bonds is 8. The first-order valence-corrected chi connectivity index (χ1v) is 5.87. The number of aliphatic hydroxyl groups excluding tert-OH is 1. The fraction of sp³-hybridized carbons (Fsp3) is 1.00. The van der Waals surface area contributed by atoms with Crippen LogP contribution in [0.2, 0.25) is 0 Å². The second-order valence-electron chi connectivity index (χ2n) is 3.97. The van der Waals surface area contributed by atoms with Crippen molar-refractivity contribution in [2.75, 3.05) is 26.4 Å². The van der Waals surface area contributed by atoms with Crippen LogP contribution in [-0.2, 0) is 9.47 Å². The summed E-state index contributed by atoms with van der Waals surface area (Å²) >= 11 is 0. The molecule has 0 radical (unpaired) electrons. The van der Waals surface area contributed by atoms with Crippen LogP contribution in [-0.4, -0.2) is 49.7 Å². The Morgan fingerprint density at radius 1 is 1.33 bits per heavy atom. The van der Waals surface area contributed by atoms with Gasteiger partial charge in [0.15, 0.2) is 0 Å². The summed E-state index contributed by atoms with van der Waals surface area (Å²) in [5, 5.41) is 12.8. The Labute approximate surface area is 92.0 Å². The number of ether oxygens (including phenoxy) is 2. The quantitative estimate of drug-likeness (QED) is 0.623. The molecule has 1 aliphatic carbocycles. The molecular formula is C11H23NO3. The first kappa shape index (κ1) is 12.9. The van der Waals surface area contributed by atoms with Crippen LogP contribution in [0.4, 0.5) is 0 Å². The topological polar surface area (TPSA) is 50.7 Å². The smallest absolute Gasteiger partial charge is 0.0897 e. The minimum absolute atomic E-state index is 0.393. The monoisotopic (exact) mass is 217 g/mol. The third-order valence-electron chi connectivity index (χ3n) is 2.65. The van der Waals surface area contributed by atoms with E-state index in [4.69, 9.17) is 9.47 Å². The molecule has 0 saturated heterocycles. The Bertz CT molecular complexity index is 160. The van der Waals surface area contributed by atoms with Crippen molar-refractivity contribution in [3.8, 4) is 0 Å². The normalized spacial score (nSPS) is 27.4. The molecule has 0 aromatic heterocycles. The lowest BCUT2D eigenvalue weighted by molar-refractivity contribution is -0.0159. The molecule has 15 heavy (non-hydrogen) atoms. The summed E-state index contributed by atoms with van der Waals surface area (Å²) in [7, 11) is 0. The van der Waals surface area contributed by atoms with Gasteiger partial charge in [0.2, 0.25) is 0 Å². The maximum atomic E-state index is 9.50. The lowest BCUT2D eigenvalue weighted by atomic mass is 9.89. The van der Waals surface area contributed by atoms with E-state index >= 15 is 0 Å². The molecule has 0 heterocycles. The Balaban J connectivity index is 1.93. The van der Waals surface area contributed by atoms with Crippen LogP contribution in [0.15, 0.2) is 0 Å². The Hall–Kier alpha value is -0.160. The van der Waals surface area contributed by atoms with Crippen molar-refractivity contribution >= 4 is 0 Å². The van der Waals surface area contributed by atoms with Gasteiger partial charge in [-0.1, -0.05) is 0 Å². The van der Waals surface area contributed by atoms with Gasteiger partial charge in [0, 0.05) is 25.8 Å². The van der Waals surface area contributed by atoms with E-state index in [1.807, 2.05) is 13.8 Å². The maximum absolute atomic E-state index is 9.50. The predicted molar refractivity (Wildman–Crippen MR) is 58.9 cm³/mol. The molecular weight excluding hydrogens is 194 g/mol. The van der Waals surface area contributed by atoms with Crippen molar-refractivity contribution in [2.24, 2.45) is 0 Å². The zero-order valence-corrected chi connectivity index (χ0v) is 9.74. The highest BCUT2D eigenvalue weighted by molar-refractivity contribution is 4.86. The van der Waals surface area contributed by atoms with E-state index in [0.29, 0.717) is 31.9 Å². The van der Waals surface area contributed by atoms with Gasteiger partial charge in [0.05, 0.1) is 18.8 Å². The van der Waals surface area contributed by atoms with Crippen LogP contribution in [0.25, 0.3) is 0 Å². The van der Waals surface area contributed by atoms with E-state index in [0.717, 1.165) is 19.4 Å². The molecule has 1 rings (SSSR count). The molecule has 1 fully saturated rings. The van der Waals surface area contributed by atoms with E-state index in [-0.39, 0.29) is 0 Å². The van der Waals surface area contributed by atoms with Crippen molar-refractivity contribution in [2.45, 2.75) is 44.9 Å². The first-order chi connectivity index (χ1) is 7.26. The highest BCUT2D eigenvalue weighted by atomic mass is 16.5. The Morgan fingerprint density at radius 3 is 2.67 bits per heavy atom. The number of hydrogen-bond acceptors (Lipinski definition) is 4. The average Bonchev–Trinajstić information content (AvgIpc) is 2.18. The van der Waals surface area contributed by atoms with Crippen molar-refractivity contribution in [3.63, 3.8) is 0 Å². The maximum Gasteiger partial charge on any atom is 0.0897 e. The van der Waals surface area contributed by atoms with Crippen LogP contribution >= 0.6 is 0 Å². The standard InChI is InChI=1S/C11H23NO3/c1-3-14-8-10(13)7-12-9-5-11(6-9)15-4-2/h9-13H,3-8H2,1-2H3. The average molecular weight is 217 g/mol. The highest BCUT2D eigenvalue weighted by Crippen LogP contribution is 2.22. The van der Waals surface area contributed by atoms with Gasteiger partial charge in [-0.05, 0) is 26.7 Å². The largest absolute Gasteiger partial charge is 0.389 e. The van der Waals surface area contributed by atoms with Crippen LogP contribution in [0.3, 0.4) is 0 Å². The van der Waals surface area contributed by atoms with Crippen molar-refractivity contribution in [3.05, 3.63) is 0 Å². The van der Waals surface area contributed by atoms with Gasteiger partial charge in [-0.3, -0.25) is 0 Å². The molecule has 0 amide bonds.